The standard InChI is InChI=1S/C24H20Cl2N4O2/c1-2-27-23(31)22-18-10-9-15(11-16(18)13-28-22)14-5-3-6-17(12-14)29-24(32)30-20-8-4-7-19(25)21(20)26/h3-12H,2,13H2,1H3,(H,27,31)(H2,29,30,32). The average molecular weight is 467 g/mol. The summed E-state index contributed by atoms with van der Waals surface area (Å²) in [6.07, 6.45) is 0. The Kier molecular flexibility index (Phi) is 6.44. The smallest absolute Gasteiger partial charge is 0.323 e. The first-order chi connectivity index (χ1) is 15.5. The molecular weight excluding hydrogens is 447 g/mol. The number of fused-ring (bicyclic) bond motifs is 1. The summed E-state index contributed by atoms with van der Waals surface area (Å²) in [7, 11) is 0. The molecule has 1 aliphatic rings. The van der Waals surface area contributed by atoms with Gasteiger partial charge in [0.2, 0.25) is 0 Å². The van der Waals surface area contributed by atoms with Crippen LogP contribution in [0.2, 0.25) is 10.0 Å². The third kappa shape index (κ3) is 4.61. The van der Waals surface area contributed by atoms with Gasteiger partial charge in [0.25, 0.3) is 5.91 Å². The lowest BCUT2D eigenvalue weighted by atomic mass is 9.98. The van der Waals surface area contributed by atoms with Gasteiger partial charge in [-0.1, -0.05) is 53.5 Å². The van der Waals surface area contributed by atoms with E-state index in [1.165, 1.54) is 0 Å². The highest BCUT2D eigenvalue weighted by molar-refractivity contribution is 6.46. The number of anilines is 2. The molecule has 0 saturated heterocycles. The first kappa shape index (κ1) is 21.9. The summed E-state index contributed by atoms with van der Waals surface area (Å²) in [5.74, 6) is -0.156. The second-order valence-electron chi connectivity index (χ2n) is 7.16. The minimum atomic E-state index is -0.430. The Labute approximate surface area is 195 Å². The van der Waals surface area contributed by atoms with Crippen molar-refractivity contribution in [2.45, 2.75) is 13.5 Å². The fraction of sp³-hybridized carbons (Fsp3) is 0.125. The van der Waals surface area contributed by atoms with E-state index in [4.69, 9.17) is 23.2 Å². The van der Waals surface area contributed by atoms with Crippen molar-refractivity contribution < 1.29 is 9.59 Å². The van der Waals surface area contributed by atoms with Crippen LogP contribution in [0, 0.1) is 0 Å². The molecule has 3 aromatic carbocycles. The molecule has 32 heavy (non-hydrogen) atoms. The van der Waals surface area contributed by atoms with Crippen molar-refractivity contribution in [3.8, 4) is 11.1 Å². The maximum atomic E-state index is 12.4. The van der Waals surface area contributed by atoms with E-state index in [0.29, 0.717) is 35.2 Å². The van der Waals surface area contributed by atoms with E-state index in [1.54, 1.807) is 24.3 Å². The number of nitrogens with zero attached hydrogens (tertiary/aromatic N) is 1. The van der Waals surface area contributed by atoms with Crippen molar-refractivity contribution in [3.63, 3.8) is 0 Å². The van der Waals surface area contributed by atoms with Gasteiger partial charge in [0.1, 0.15) is 5.71 Å². The fourth-order valence-electron chi connectivity index (χ4n) is 3.48. The Bertz CT molecular complexity index is 1240. The molecule has 4 rings (SSSR count). The van der Waals surface area contributed by atoms with Gasteiger partial charge in [0, 0.05) is 17.8 Å². The quantitative estimate of drug-likeness (QED) is 0.447. The number of carbonyl (C=O) groups excluding carboxylic acids is 2. The highest BCUT2D eigenvalue weighted by Crippen LogP contribution is 2.30. The largest absolute Gasteiger partial charge is 0.351 e. The molecule has 0 spiro atoms. The molecular formula is C24H20Cl2N4O2. The van der Waals surface area contributed by atoms with Crippen LogP contribution in [0.3, 0.4) is 0 Å². The highest BCUT2D eigenvalue weighted by atomic mass is 35.5. The van der Waals surface area contributed by atoms with Crippen LogP contribution in [-0.2, 0) is 11.3 Å². The van der Waals surface area contributed by atoms with Gasteiger partial charge in [0.05, 0.1) is 22.3 Å². The van der Waals surface area contributed by atoms with Gasteiger partial charge < -0.3 is 16.0 Å². The van der Waals surface area contributed by atoms with E-state index in [0.717, 1.165) is 22.3 Å². The topological polar surface area (TPSA) is 82.6 Å². The molecule has 3 N–H and O–H groups in total. The first-order valence-corrected chi connectivity index (χ1v) is 10.8. The van der Waals surface area contributed by atoms with E-state index >= 15 is 0 Å². The second kappa shape index (κ2) is 9.42. The van der Waals surface area contributed by atoms with E-state index < -0.39 is 6.03 Å². The number of carbonyl (C=O) groups is 2. The molecule has 0 atom stereocenters. The normalized spacial score (nSPS) is 12.0. The van der Waals surface area contributed by atoms with Crippen LogP contribution in [0.5, 0.6) is 0 Å². The number of urea groups is 1. The van der Waals surface area contributed by atoms with E-state index in [9.17, 15) is 9.59 Å². The highest BCUT2D eigenvalue weighted by Gasteiger charge is 2.22. The SMILES string of the molecule is CCNC(=O)C1=NCc2cc(-c3cccc(NC(=O)Nc4cccc(Cl)c4Cl)c3)ccc21. The number of hydrogen-bond donors (Lipinski definition) is 3. The summed E-state index contributed by atoms with van der Waals surface area (Å²) in [5, 5.41) is 8.95. The van der Waals surface area contributed by atoms with E-state index in [-0.39, 0.29) is 10.9 Å². The van der Waals surface area contributed by atoms with Crippen LogP contribution in [0.1, 0.15) is 18.1 Å². The molecule has 6 nitrogen and oxygen atoms in total. The number of hydrogen-bond acceptors (Lipinski definition) is 3. The molecule has 162 valence electrons. The van der Waals surface area contributed by atoms with Crippen LogP contribution in [-0.4, -0.2) is 24.2 Å². The lowest BCUT2D eigenvalue weighted by molar-refractivity contribution is -0.114. The van der Waals surface area contributed by atoms with Crippen LogP contribution in [0.25, 0.3) is 11.1 Å². The minimum Gasteiger partial charge on any atom is -0.351 e. The maximum Gasteiger partial charge on any atom is 0.323 e. The van der Waals surface area contributed by atoms with Crippen LogP contribution < -0.4 is 16.0 Å². The van der Waals surface area contributed by atoms with Crippen molar-refractivity contribution in [1.82, 2.24) is 5.32 Å². The number of rotatable bonds is 5. The van der Waals surface area contributed by atoms with E-state index in [1.807, 2.05) is 43.3 Å². The lowest BCUT2D eigenvalue weighted by Gasteiger charge is -2.11. The second-order valence-corrected chi connectivity index (χ2v) is 7.94. The molecule has 0 unspecified atom stereocenters. The van der Waals surface area contributed by atoms with Crippen molar-refractivity contribution in [2.75, 3.05) is 17.2 Å². The first-order valence-electron chi connectivity index (χ1n) is 10.0. The minimum absolute atomic E-state index is 0.156. The van der Waals surface area contributed by atoms with Crippen molar-refractivity contribution >= 4 is 52.2 Å². The summed E-state index contributed by atoms with van der Waals surface area (Å²) >= 11 is 12.1. The van der Waals surface area contributed by atoms with Gasteiger partial charge in [-0.2, -0.15) is 0 Å². The van der Waals surface area contributed by atoms with Gasteiger partial charge in [0.15, 0.2) is 0 Å². The molecule has 0 aliphatic carbocycles. The Morgan fingerprint density at radius 1 is 0.969 bits per heavy atom. The van der Waals surface area contributed by atoms with E-state index in [2.05, 4.69) is 20.9 Å². The van der Waals surface area contributed by atoms with Crippen molar-refractivity contribution in [1.29, 1.82) is 0 Å². The van der Waals surface area contributed by atoms with Gasteiger partial charge in [-0.15, -0.1) is 0 Å². The summed E-state index contributed by atoms with van der Waals surface area (Å²) in [4.78, 5) is 29.0. The molecule has 1 aliphatic heterocycles. The Balaban J connectivity index is 1.50. The van der Waals surface area contributed by atoms with Crippen molar-refractivity contribution in [2.24, 2.45) is 4.99 Å². The molecule has 8 heteroatoms. The van der Waals surface area contributed by atoms with Gasteiger partial charge in [-0.05, 0) is 53.9 Å². The predicted octanol–water partition coefficient (Wildman–Crippen LogP) is 5.74. The lowest BCUT2D eigenvalue weighted by Crippen LogP contribution is -2.30. The molecule has 0 fully saturated rings. The number of amides is 3. The van der Waals surface area contributed by atoms with Crippen molar-refractivity contribution in [3.05, 3.63) is 81.8 Å². The molecule has 0 radical (unpaired) electrons. The number of likely N-dealkylation sites (N-methyl/N-ethyl adjacent to an activating group) is 1. The predicted molar refractivity (Wildman–Crippen MR) is 130 cm³/mol. The average Bonchev–Trinajstić information content (AvgIpc) is 3.21. The third-order valence-corrected chi connectivity index (χ3v) is 5.79. The number of nitrogens with one attached hydrogen (secondary N) is 3. The summed E-state index contributed by atoms with van der Waals surface area (Å²) in [6, 6.07) is 18.0. The van der Waals surface area contributed by atoms with Crippen LogP contribution >= 0.6 is 23.2 Å². The number of benzene rings is 3. The number of aliphatic imine (C=N–C) groups is 1. The maximum absolute atomic E-state index is 12.4. The molecule has 3 amide bonds. The van der Waals surface area contributed by atoms with Gasteiger partial charge in [-0.3, -0.25) is 9.79 Å². The van der Waals surface area contributed by atoms with Crippen LogP contribution in [0.15, 0.2) is 65.7 Å². The molecule has 1 heterocycles. The third-order valence-electron chi connectivity index (χ3n) is 4.97. The monoisotopic (exact) mass is 466 g/mol. The number of halogens is 2. The van der Waals surface area contributed by atoms with Crippen LogP contribution in [0.4, 0.5) is 16.2 Å². The molecule has 0 bridgehead atoms. The Hall–Kier alpha value is -3.35. The molecule has 0 saturated carbocycles. The molecule has 0 aromatic heterocycles. The van der Waals surface area contributed by atoms with Gasteiger partial charge in [-0.25, -0.2) is 4.79 Å². The summed E-state index contributed by atoms with van der Waals surface area (Å²) in [6.45, 7) is 2.90. The zero-order chi connectivity index (χ0) is 22.7. The fourth-order valence-corrected chi connectivity index (χ4v) is 3.83. The molecule has 3 aromatic rings. The zero-order valence-electron chi connectivity index (χ0n) is 17.2. The summed E-state index contributed by atoms with van der Waals surface area (Å²) < 4.78 is 0. The Morgan fingerprint density at radius 3 is 2.56 bits per heavy atom. The zero-order valence-corrected chi connectivity index (χ0v) is 18.7. The van der Waals surface area contributed by atoms with Gasteiger partial charge >= 0.3 is 6.03 Å². The Morgan fingerprint density at radius 2 is 1.75 bits per heavy atom. The summed E-state index contributed by atoms with van der Waals surface area (Å²) in [5.41, 5.74) is 5.27.